The van der Waals surface area contributed by atoms with Gasteiger partial charge in [0.1, 0.15) is 12.2 Å². The third-order valence-corrected chi connectivity index (χ3v) is 7.43. The van der Waals surface area contributed by atoms with Crippen LogP contribution in [-0.2, 0) is 31.6 Å². The smallest absolute Gasteiger partial charge is 0.387 e. The molecule has 1 aliphatic heterocycles. The van der Waals surface area contributed by atoms with Crippen LogP contribution in [0, 0.1) is 4.77 Å². The predicted octanol–water partition coefficient (Wildman–Crippen LogP) is 0.793. The minimum atomic E-state index is -5.44. The average molecular weight is 499 g/mol. The van der Waals surface area contributed by atoms with E-state index in [1.165, 1.54) is 0 Å². The Morgan fingerprint density at radius 3 is 2.62 bits per heavy atom. The highest BCUT2D eigenvalue weighted by Gasteiger charge is 2.55. The van der Waals surface area contributed by atoms with Crippen LogP contribution in [0.3, 0.4) is 0 Å². The minimum Gasteiger partial charge on any atom is -0.387 e. The zero-order valence-electron chi connectivity index (χ0n) is 14.2. The van der Waals surface area contributed by atoms with Crippen molar-refractivity contribution in [1.29, 1.82) is 0 Å². The van der Waals surface area contributed by atoms with Crippen molar-refractivity contribution < 1.29 is 55.8 Å². The Hall–Kier alpha value is -0.730. The first-order valence-corrected chi connectivity index (χ1v) is 11.9. The van der Waals surface area contributed by atoms with Gasteiger partial charge in [-0.05, 0) is 23.5 Å². The molecule has 29 heavy (non-hydrogen) atoms. The van der Waals surface area contributed by atoms with Gasteiger partial charge in [-0.25, -0.2) is 13.5 Å². The molecule has 0 saturated carbocycles. The summed E-state index contributed by atoms with van der Waals surface area (Å²) in [7, 11) is -14.5. The van der Waals surface area contributed by atoms with Gasteiger partial charge in [-0.3, -0.25) is 23.8 Å². The molecule has 2 rings (SSSR count). The van der Waals surface area contributed by atoms with Gasteiger partial charge in [0.2, 0.25) is 0 Å². The SMILES string of the molecule is CC1(F)[C@@H](O)[C@@H](COP(=O)(O)OP(=O)(O)O[P+](=O)O)O[C@H]1n1ccc(=O)[nH]c1=S. The monoisotopic (exact) mass is 499 g/mol. The Bertz CT molecular complexity index is 997. The molecule has 1 saturated heterocycles. The van der Waals surface area contributed by atoms with Crippen molar-refractivity contribution in [3.63, 3.8) is 0 Å². The zero-order valence-corrected chi connectivity index (χ0v) is 17.7. The first kappa shape index (κ1) is 24.5. The number of aliphatic hydroxyl groups is 1. The van der Waals surface area contributed by atoms with Gasteiger partial charge in [0.25, 0.3) is 5.56 Å². The first-order chi connectivity index (χ1) is 13.1. The number of phosphoric ester groups is 1. The molecular formula is C10H15FN2O12P3S+. The van der Waals surface area contributed by atoms with Crippen molar-refractivity contribution in [1.82, 2.24) is 9.55 Å². The third kappa shape index (κ3) is 6.14. The molecule has 0 amide bonds. The fraction of sp³-hybridized carbons (Fsp3) is 0.600. The lowest BCUT2D eigenvalue weighted by Gasteiger charge is -2.25. The summed E-state index contributed by atoms with van der Waals surface area (Å²) in [6.07, 6.45) is -3.97. The number of nitrogens with zero attached hydrogens (tertiary/aromatic N) is 1. The second-order valence-corrected chi connectivity index (χ2v) is 10.1. The van der Waals surface area contributed by atoms with Crippen LogP contribution in [0.5, 0.6) is 0 Å². The molecule has 0 radical (unpaired) electrons. The largest absolute Gasteiger partial charge is 0.705 e. The van der Waals surface area contributed by atoms with E-state index in [1.54, 1.807) is 0 Å². The minimum absolute atomic E-state index is 0.229. The maximum absolute atomic E-state index is 15.0. The molecule has 1 aromatic rings. The molecule has 2 heterocycles. The molecule has 1 aromatic heterocycles. The Kier molecular flexibility index (Phi) is 7.44. The standard InChI is InChI=1S/C10H14FN2O12P3S/c1-10(11)7(15)5(23-8(10)13-3-2-6(14)12-9(13)29)4-22-27(18,19)25-28(20,21)24-26(16)17/h2-3,5,7-8,15H,4H2,1H3,(H3-,12,14,16,17,18,19,20,21,29)/p+1/t5-,7+,8-,10?/m1/s1. The maximum atomic E-state index is 15.0. The molecule has 1 fully saturated rings. The molecule has 1 aliphatic rings. The van der Waals surface area contributed by atoms with E-state index < -0.39 is 60.2 Å². The second kappa shape index (κ2) is 8.79. The average Bonchev–Trinajstić information content (AvgIpc) is 2.74. The molecule has 0 spiro atoms. The van der Waals surface area contributed by atoms with Crippen LogP contribution in [0.15, 0.2) is 17.1 Å². The van der Waals surface area contributed by atoms with Crippen molar-refractivity contribution >= 4 is 36.1 Å². The molecule has 19 heteroatoms. The summed E-state index contributed by atoms with van der Waals surface area (Å²) in [4.78, 5) is 40.3. The van der Waals surface area contributed by atoms with E-state index >= 15 is 4.39 Å². The lowest BCUT2D eigenvalue weighted by molar-refractivity contribution is -0.0594. The lowest BCUT2D eigenvalue weighted by atomic mass is 9.99. The Balaban J connectivity index is 2.13. The summed E-state index contributed by atoms with van der Waals surface area (Å²) in [5.74, 6) is 0. The number of ether oxygens (including phenoxy) is 1. The van der Waals surface area contributed by atoms with E-state index in [9.17, 15) is 28.5 Å². The van der Waals surface area contributed by atoms with Gasteiger partial charge in [-0.1, -0.05) is 0 Å². The molecule has 0 bridgehead atoms. The van der Waals surface area contributed by atoms with Gasteiger partial charge in [-0.2, -0.15) is 4.31 Å². The molecule has 0 aliphatic carbocycles. The summed E-state index contributed by atoms with van der Waals surface area (Å²) < 4.78 is 66.1. The van der Waals surface area contributed by atoms with Crippen molar-refractivity contribution in [2.45, 2.75) is 31.0 Å². The summed E-state index contributed by atoms with van der Waals surface area (Å²) in [5, 5.41) is 10.1. The van der Waals surface area contributed by atoms with Gasteiger partial charge in [0.15, 0.2) is 16.7 Å². The highest BCUT2D eigenvalue weighted by Crippen LogP contribution is 2.63. The number of rotatable bonds is 8. The molecule has 7 atom stereocenters. The van der Waals surface area contributed by atoms with E-state index in [0.29, 0.717) is 0 Å². The first-order valence-electron chi connectivity index (χ1n) is 7.36. The second-order valence-electron chi connectivity index (χ2n) is 5.77. The Morgan fingerprint density at radius 2 is 2.07 bits per heavy atom. The van der Waals surface area contributed by atoms with E-state index in [-0.39, 0.29) is 4.77 Å². The molecule has 14 nitrogen and oxygen atoms in total. The number of H-pyrrole nitrogens is 1. The number of nitrogens with one attached hydrogen (secondary N) is 1. The highest BCUT2D eigenvalue weighted by molar-refractivity contribution is 7.71. The van der Waals surface area contributed by atoms with Gasteiger partial charge in [0, 0.05) is 16.8 Å². The Labute approximate surface area is 167 Å². The predicted molar refractivity (Wildman–Crippen MR) is 92.9 cm³/mol. The van der Waals surface area contributed by atoms with E-state index in [0.717, 1.165) is 23.8 Å². The summed E-state index contributed by atoms with van der Waals surface area (Å²) >= 11 is 4.90. The topological polar surface area (TPSA) is 207 Å². The third-order valence-electron chi connectivity index (χ3n) is 3.60. The number of halogens is 1. The molecule has 164 valence electrons. The van der Waals surface area contributed by atoms with Crippen LogP contribution in [0.4, 0.5) is 4.39 Å². The van der Waals surface area contributed by atoms with Crippen molar-refractivity contribution in [3.05, 3.63) is 27.4 Å². The number of hydrogen-bond donors (Lipinski definition) is 5. The fourth-order valence-corrected chi connectivity index (χ4v) is 5.31. The normalized spacial score (nSPS) is 31.8. The van der Waals surface area contributed by atoms with Crippen LogP contribution in [0.2, 0.25) is 0 Å². The van der Waals surface area contributed by atoms with Crippen LogP contribution in [0.1, 0.15) is 13.2 Å². The van der Waals surface area contributed by atoms with E-state index in [2.05, 4.69) is 18.1 Å². The van der Waals surface area contributed by atoms with Crippen LogP contribution in [0.25, 0.3) is 0 Å². The number of phosphoric acid groups is 2. The van der Waals surface area contributed by atoms with Crippen LogP contribution < -0.4 is 5.56 Å². The number of hydrogen-bond acceptors (Lipinski definition) is 10. The molecule has 4 unspecified atom stereocenters. The van der Waals surface area contributed by atoms with Crippen LogP contribution in [-0.4, -0.2) is 53.8 Å². The maximum Gasteiger partial charge on any atom is 0.705 e. The van der Waals surface area contributed by atoms with E-state index in [1.807, 2.05) is 0 Å². The molecule has 0 aromatic carbocycles. The van der Waals surface area contributed by atoms with Gasteiger partial charge in [0.05, 0.1) is 6.61 Å². The van der Waals surface area contributed by atoms with Gasteiger partial charge >= 0.3 is 23.9 Å². The highest BCUT2D eigenvalue weighted by atomic mass is 32.1. The van der Waals surface area contributed by atoms with Crippen molar-refractivity contribution in [2.24, 2.45) is 0 Å². The number of aliphatic hydroxyl groups excluding tert-OH is 1. The molecular weight excluding hydrogens is 484 g/mol. The summed E-state index contributed by atoms with van der Waals surface area (Å²) in [6, 6.07) is 1.02. The van der Waals surface area contributed by atoms with Gasteiger partial charge < -0.3 is 14.7 Å². The van der Waals surface area contributed by atoms with Gasteiger partial charge in [-0.15, -0.1) is 4.89 Å². The Morgan fingerprint density at radius 1 is 1.45 bits per heavy atom. The summed E-state index contributed by atoms with van der Waals surface area (Å²) in [5.41, 5.74) is -3.07. The van der Waals surface area contributed by atoms with E-state index in [4.69, 9.17) is 26.7 Å². The quantitative estimate of drug-likeness (QED) is 0.248. The summed E-state index contributed by atoms with van der Waals surface area (Å²) in [6.45, 7) is -0.0648. The van der Waals surface area contributed by atoms with Crippen molar-refractivity contribution in [2.75, 3.05) is 6.61 Å². The number of aromatic nitrogens is 2. The van der Waals surface area contributed by atoms with Crippen LogP contribution >= 0.6 is 36.1 Å². The van der Waals surface area contributed by atoms with Crippen molar-refractivity contribution in [3.8, 4) is 0 Å². The fourth-order valence-electron chi connectivity index (χ4n) is 2.39. The lowest BCUT2D eigenvalue weighted by Crippen LogP contribution is -2.41. The molecule has 5 N–H and O–H groups in total. The number of alkyl halides is 1. The zero-order chi connectivity index (χ0) is 22.2. The number of aromatic amines is 1.